The maximum absolute atomic E-state index is 3.02. The molecule has 4 aliphatic heterocycles. The Morgan fingerprint density at radius 3 is 2.52 bits per heavy atom. The fourth-order valence-corrected chi connectivity index (χ4v) is 10.0. The molecular formula is C38H48N2. The lowest BCUT2D eigenvalue weighted by molar-refractivity contribution is -0.233. The lowest BCUT2D eigenvalue weighted by Crippen LogP contribution is -2.86. The first-order chi connectivity index (χ1) is 19.7. The second-order valence-electron chi connectivity index (χ2n) is 14.1. The highest BCUT2D eigenvalue weighted by molar-refractivity contribution is 5.48. The maximum Gasteiger partial charge on any atom is 0.0542 e. The van der Waals surface area contributed by atoms with Crippen LogP contribution in [0.5, 0.6) is 0 Å². The van der Waals surface area contributed by atoms with E-state index >= 15 is 0 Å². The summed E-state index contributed by atoms with van der Waals surface area (Å²) >= 11 is 0. The van der Waals surface area contributed by atoms with E-state index in [0.29, 0.717) is 35.9 Å². The van der Waals surface area contributed by atoms with Crippen molar-refractivity contribution in [2.24, 2.45) is 29.6 Å². The van der Waals surface area contributed by atoms with Gasteiger partial charge in [-0.05, 0) is 100 Å². The molecule has 0 aromatic heterocycles. The highest BCUT2D eigenvalue weighted by Crippen LogP contribution is 2.62. The molecule has 210 valence electrons. The number of nitrogens with zero attached hydrogens (tertiary/aromatic N) is 2. The van der Waals surface area contributed by atoms with Crippen molar-refractivity contribution >= 4 is 0 Å². The molecule has 0 radical (unpaired) electrons. The molecule has 0 N–H and O–H groups in total. The molecule has 9 rings (SSSR count). The molecule has 11 atom stereocenters. The lowest BCUT2D eigenvalue weighted by Gasteiger charge is -2.76. The minimum atomic E-state index is 0.510. The average molecular weight is 533 g/mol. The third-order valence-corrected chi connectivity index (χ3v) is 12.2. The van der Waals surface area contributed by atoms with Gasteiger partial charge in [0.05, 0.1) is 6.04 Å². The van der Waals surface area contributed by atoms with Crippen molar-refractivity contribution in [3.8, 4) is 0 Å². The van der Waals surface area contributed by atoms with E-state index in [1.165, 1.54) is 57.8 Å². The molecule has 5 aliphatic carbocycles. The number of fused-ring (bicyclic) bond motifs is 1. The molecule has 0 aromatic rings. The Balaban J connectivity index is 1.14. The maximum atomic E-state index is 3.02. The number of likely N-dealkylation sites (tertiary alicyclic amines) is 1. The largest absolute Gasteiger partial charge is 0.365 e. The zero-order valence-electron chi connectivity index (χ0n) is 24.7. The number of rotatable bonds is 5. The standard InChI is InChI=1S/C38H48N2/c1-25-26(2)39(34-21-13-12-20-33(25)34)32-23-30(27-14-6-3-7-15-27)22-31(24-32)38-35-36(28-16-8-4-9-17-28)40(38)37(35)29-18-10-5-11-19-29/h4,6,8,12-15,18,20-22,24-26,28,30,33-38H,3,5,7,9-11,16-17,19,23H2,1-2H3. The van der Waals surface area contributed by atoms with Gasteiger partial charge in [0, 0.05) is 47.6 Å². The first kappa shape index (κ1) is 25.4. The smallest absolute Gasteiger partial charge is 0.0542 e. The quantitative estimate of drug-likeness (QED) is 0.328. The normalized spacial score (nSPS) is 45.1. The third-order valence-electron chi connectivity index (χ3n) is 12.2. The second kappa shape index (κ2) is 10.2. The van der Waals surface area contributed by atoms with Crippen LogP contribution in [0.4, 0.5) is 0 Å². The molecule has 0 amide bonds. The van der Waals surface area contributed by atoms with Gasteiger partial charge in [-0.1, -0.05) is 79.3 Å². The molecule has 4 saturated heterocycles. The van der Waals surface area contributed by atoms with E-state index in [4.69, 9.17) is 0 Å². The van der Waals surface area contributed by atoms with E-state index < -0.39 is 0 Å². The Morgan fingerprint density at radius 2 is 1.75 bits per heavy atom. The molecule has 4 fully saturated rings. The van der Waals surface area contributed by atoms with Crippen molar-refractivity contribution in [1.29, 1.82) is 0 Å². The zero-order chi connectivity index (χ0) is 26.8. The Kier molecular flexibility index (Phi) is 6.47. The second-order valence-corrected chi connectivity index (χ2v) is 14.1. The van der Waals surface area contributed by atoms with Gasteiger partial charge >= 0.3 is 0 Å². The number of hydrogen-bond donors (Lipinski definition) is 0. The molecule has 9 aliphatic rings. The Morgan fingerprint density at radius 1 is 0.850 bits per heavy atom. The number of allylic oxidation sites excluding steroid dienone is 11. The molecule has 0 aromatic carbocycles. The molecule has 11 unspecified atom stereocenters. The minimum Gasteiger partial charge on any atom is -0.365 e. The summed E-state index contributed by atoms with van der Waals surface area (Å²) in [6, 6.07) is 3.24. The monoisotopic (exact) mass is 532 g/mol. The summed E-state index contributed by atoms with van der Waals surface area (Å²) in [5.74, 6) is 3.51. The van der Waals surface area contributed by atoms with Crippen LogP contribution in [0.25, 0.3) is 0 Å². The van der Waals surface area contributed by atoms with E-state index in [1.807, 2.05) is 0 Å². The summed E-state index contributed by atoms with van der Waals surface area (Å²) in [6.45, 7) is 4.97. The SMILES string of the molecule is CC1C2C=CC=CC2N(C2=CC(C3C4C(C5=CCCCC5)N3C4C3CC=CCC3)=CC(C3=CCCC=C3)C2)C1C. The van der Waals surface area contributed by atoms with Gasteiger partial charge in [0.15, 0.2) is 0 Å². The van der Waals surface area contributed by atoms with Crippen molar-refractivity contribution in [2.75, 3.05) is 0 Å². The van der Waals surface area contributed by atoms with E-state index in [-0.39, 0.29) is 0 Å². The van der Waals surface area contributed by atoms with Crippen molar-refractivity contribution in [1.82, 2.24) is 9.80 Å². The van der Waals surface area contributed by atoms with Gasteiger partial charge in [-0.2, -0.15) is 0 Å². The summed E-state index contributed by atoms with van der Waals surface area (Å²) in [4.78, 5) is 5.85. The highest BCUT2D eigenvalue weighted by atomic mass is 15.4. The molecule has 0 saturated carbocycles. The van der Waals surface area contributed by atoms with Gasteiger partial charge in [-0.25, -0.2) is 0 Å². The number of hydrogen-bond acceptors (Lipinski definition) is 2. The van der Waals surface area contributed by atoms with Crippen molar-refractivity contribution in [3.63, 3.8) is 0 Å². The van der Waals surface area contributed by atoms with Crippen LogP contribution in [0.15, 0.2) is 95.3 Å². The molecule has 4 heterocycles. The van der Waals surface area contributed by atoms with Gasteiger partial charge in [-0.3, -0.25) is 4.90 Å². The Hall–Kier alpha value is -2.32. The summed E-state index contributed by atoms with van der Waals surface area (Å²) in [5, 5.41) is 0. The van der Waals surface area contributed by atoms with Crippen LogP contribution in [0, 0.1) is 29.6 Å². The lowest BCUT2D eigenvalue weighted by atomic mass is 9.52. The fourth-order valence-electron chi connectivity index (χ4n) is 10.0. The summed E-state index contributed by atoms with van der Waals surface area (Å²) < 4.78 is 0. The van der Waals surface area contributed by atoms with Crippen LogP contribution >= 0.6 is 0 Å². The predicted octanol–water partition coefficient (Wildman–Crippen LogP) is 8.45. The molecule has 2 heteroatoms. The van der Waals surface area contributed by atoms with Crippen molar-refractivity contribution in [2.45, 2.75) is 108 Å². The van der Waals surface area contributed by atoms with Crippen LogP contribution in [-0.2, 0) is 0 Å². The average Bonchev–Trinajstić information content (AvgIpc) is 3.23. The van der Waals surface area contributed by atoms with Crippen LogP contribution in [0.3, 0.4) is 0 Å². The topological polar surface area (TPSA) is 6.48 Å². The fraction of sp³-hybridized carbons (Fsp3) is 0.579. The molecular weight excluding hydrogens is 484 g/mol. The molecule has 40 heavy (non-hydrogen) atoms. The van der Waals surface area contributed by atoms with E-state index in [9.17, 15) is 0 Å². The van der Waals surface area contributed by atoms with Crippen molar-refractivity contribution < 1.29 is 0 Å². The highest BCUT2D eigenvalue weighted by Gasteiger charge is 2.69. The van der Waals surface area contributed by atoms with Crippen LogP contribution in [0.1, 0.15) is 78.1 Å². The Labute approximate surface area is 242 Å². The van der Waals surface area contributed by atoms with Gasteiger partial charge in [-0.15, -0.1) is 0 Å². The van der Waals surface area contributed by atoms with Gasteiger partial charge in [0.25, 0.3) is 0 Å². The van der Waals surface area contributed by atoms with Gasteiger partial charge < -0.3 is 4.90 Å². The first-order valence-electron chi connectivity index (χ1n) is 16.7. The van der Waals surface area contributed by atoms with Crippen LogP contribution < -0.4 is 0 Å². The van der Waals surface area contributed by atoms with Gasteiger partial charge in [0.1, 0.15) is 0 Å². The third kappa shape index (κ3) is 3.92. The molecule has 2 nitrogen and oxygen atoms in total. The van der Waals surface area contributed by atoms with E-state index in [0.717, 1.165) is 30.3 Å². The summed E-state index contributed by atoms with van der Waals surface area (Å²) in [5.41, 5.74) is 6.60. The summed E-state index contributed by atoms with van der Waals surface area (Å²) in [6.07, 6.45) is 42.8. The molecule has 2 bridgehead atoms. The molecule has 0 spiro atoms. The van der Waals surface area contributed by atoms with Gasteiger partial charge in [0.2, 0.25) is 0 Å². The van der Waals surface area contributed by atoms with E-state index in [1.54, 1.807) is 22.4 Å². The van der Waals surface area contributed by atoms with Crippen LogP contribution in [-0.4, -0.2) is 40.0 Å². The minimum absolute atomic E-state index is 0.510. The van der Waals surface area contributed by atoms with E-state index in [2.05, 4.69) is 96.6 Å². The van der Waals surface area contributed by atoms with Crippen LogP contribution in [0.2, 0.25) is 0 Å². The predicted molar refractivity (Wildman–Crippen MR) is 166 cm³/mol. The van der Waals surface area contributed by atoms with Crippen molar-refractivity contribution in [3.05, 3.63) is 95.3 Å². The zero-order valence-corrected chi connectivity index (χ0v) is 24.7. The Bertz CT molecular complexity index is 1260. The summed E-state index contributed by atoms with van der Waals surface area (Å²) in [7, 11) is 0. The first-order valence-corrected chi connectivity index (χ1v) is 16.7.